The number of aliphatic carboxylic acids is 1. The smallest absolute Gasteiger partial charge is 0.328 e. The predicted molar refractivity (Wildman–Crippen MR) is 134 cm³/mol. The SMILES string of the molecule is CC1(C(=CC(=O)O)C(C=Cc2ccc(C(C)(C)C)cc2)=Cc2ccc(O)cc2)CCOC(=O)C1. The van der Waals surface area contributed by atoms with Gasteiger partial charge in [-0.3, -0.25) is 4.79 Å². The van der Waals surface area contributed by atoms with Crippen LogP contribution in [0.4, 0.5) is 0 Å². The number of allylic oxidation sites excluding steroid dienone is 3. The van der Waals surface area contributed by atoms with Crippen molar-refractivity contribution in [3.05, 3.63) is 88.5 Å². The third-order valence-electron chi connectivity index (χ3n) is 6.13. The lowest BCUT2D eigenvalue weighted by molar-refractivity contribution is -0.151. The third-order valence-corrected chi connectivity index (χ3v) is 6.13. The molecular weight excluding hydrogens is 428 g/mol. The van der Waals surface area contributed by atoms with Crippen molar-refractivity contribution in [3.63, 3.8) is 0 Å². The molecule has 1 unspecified atom stereocenters. The molecule has 1 saturated heterocycles. The highest BCUT2D eigenvalue weighted by atomic mass is 16.5. The molecule has 5 heteroatoms. The maximum atomic E-state index is 12.1. The fourth-order valence-corrected chi connectivity index (χ4v) is 4.05. The van der Waals surface area contributed by atoms with E-state index in [2.05, 4.69) is 32.9 Å². The van der Waals surface area contributed by atoms with Gasteiger partial charge in [0.15, 0.2) is 0 Å². The number of carbonyl (C=O) groups excluding carboxylic acids is 1. The van der Waals surface area contributed by atoms with Crippen LogP contribution in [0.3, 0.4) is 0 Å². The van der Waals surface area contributed by atoms with Crippen LogP contribution in [0.25, 0.3) is 12.2 Å². The summed E-state index contributed by atoms with van der Waals surface area (Å²) >= 11 is 0. The highest BCUT2D eigenvalue weighted by molar-refractivity contribution is 5.85. The Morgan fingerprint density at radius 3 is 2.21 bits per heavy atom. The molecule has 0 saturated carbocycles. The van der Waals surface area contributed by atoms with E-state index in [0.717, 1.165) is 11.1 Å². The second-order valence-corrected chi connectivity index (χ2v) is 10.0. The van der Waals surface area contributed by atoms with E-state index in [1.165, 1.54) is 11.6 Å². The molecule has 3 rings (SSSR count). The highest BCUT2D eigenvalue weighted by Crippen LogP contribution is 2.42. The van der Waals surface area contributed by atoms with Gasteiger partial charge in [0.1, 0.15) is 5.75 Å². The number of hydrogen-bond acceptors (Lipinski definition) is 4. The number of phenols is 1. The summed E-state index contributed by atoms with van der Waals surface area (Å²) in [4.78, 5) is 23.9. The van der Waals surface area contributed by atoms with Gasteiger partial charge in [0.05, 0.1) is 13.0 Å². The van der Waals surface area contributed by atoms with Gasteiger partial charge < -0.3 is 14.9 Å². The van der Waals surface area contributed by atoms with Crippen LogP contribution < -0.4 is 0 Å². The summed E-state index contributed by atoms with van der Waals surface area (Å²) in [5.74, 6) is -1.26. The zero-order valence-electron chi connectivity index (χ0n) is 20.2. The summed E-state index contributed by atoms with van der Waals surface area (Å²) in [5.41, 5.74) is 3.62. The molecule has 0 spiro atoms. The Morgan fingerprint density at radius 2 is 1.65 bits per heavy atom. The zero-order chi connectivity index (χ0) is 24.9. The van der Waals surface area contributed by atoms with E-state index in [-0.39, 0.29) is 30.2 Å². The number of benzene rings is 2. The summed E-state index contributed by atoms with van der Waals surface area (Å²) < 4.78 is 5.13. The van der Waals surface area contributed by atoms with E-state index in [9.17, 15) is 19.8 Å². The molecular formula is C29H32O5. The second kappa shape index (κ2) is 10.1. The molecule has 1 atom stereocenters. The number of ether oxygens (including phenoxy) is 1. The van der Waals surface area contributed by atoms with Crippen molar-refractivity contribution in [2.45, 2.75) is 46.0 Å². The lowest BCUT2D eigenvalue weighted by Gasteiger charge is -2.35. The van der Waals surface area contributed by atoms with E-state index in [1.807, 2.05) is 37.3 Å². The minimum atomic E-state index is -1.07. The van der Waals surface area contributed by atoms with Gasteiger partial charge in [0, 0.05) is 11.5 Å². The lowest BCUT2D eigenvalue weighted by Crippen LogP contribution is -2.32. The van der Waals surface area contributed by atoms with E-state index in [1.54, 1.807) is 24.3 Å². The van der Waals surface area contributed by atoms with Crippen molar-refractivity contribution in [2.24, 2.45) is 5.41 Å². The summed E-state index contributed by atoms with van der Waals surface area (Å²) in [5, 5.41) is 19.3. The van der Waals surface area contributed by atoms with E-state index < -0.39 is 11.4 Å². The first kappa shape index (κ1) is 25.0. The summed E-state index contributed by atoms with van der Waals surface area (Å²) in [6.45, 7) is 8.63. The van der Waals surface area contributed by atoms with Crippen LogP contribution in [0.5, 0.6) is 5.75 Å². The molecule has 0 radical (unpaired) electrons. The van der Waals surface area contributed by atoms with E-state index >= 15 is 0 Å². The van der Waals surface area contributed by atoms with Crippen molar-refractivity contribution in [3.8, 4) is 5.75 Å². The quantitative estimate of drug-likeness (QED) is 0.307. The maximum absolute atomic E-state index is 12.1. The lowest BCUT2D eigenvalue weighted by atomic mass is 9.72. The predicted octanol–water partition coefficient (Wildman–Crippen LogP) is 6.14. The molecule has 1 aliphatic rings. The van der Waals surface area contributed by atoms with Crippen molar-refractivity contribution < 1.29 is 24.5 Å². The standard InChI is InChI=1S/C29H32O5/c1-28(2,3)23-11-6-20(7-12-23)5-10-22(17-21-8-13-24(30)14-9-21)25(18-26(31)32)29(4)15-16-34-27(33)19-29/h5-14,17-18,30H,15-16,19H2,1-4H3,(H,31,32). The normalized spacial score (nSPS) is 19.8. The fraction of sp³-hybridized carbons (Fsp3) is 0.310. The number of rotatable bonds is 6. The van der Waals surface area contributed by atoms with Gasteiger partial charge in [0.2, 0.25) is 0 Å². The van der Waals surface area contributed by atoms with Crippen LogP contribution in [0, 0.1) is 5.41 Å². The van der Waals surface area contributed by atoms with Crippen LogP contribution in [-0.4, -0.2) is 28.8 Å². The van der Waals surface area contributed by atoms with Crippen molar-refractivity contribution >= 4 is 24.1 Å². The van der Waals surface area contributed by atoms with Crippen molar-refractivity contribution in [1.82, 2.24) is 0 Å². The number of phenolic OH excluding ortho intramolecular Hbond substituents is 1. The minimum Gasteiger partial charge on any atom is -0.508 e. The molecule has 0 aromatic heterocycles. The monoisotopic (exact) mass is 460 g/mol. The zero-order valence-corrected chi connectivity index (χ0v) is 20.2. The molecule has 5 nitrogen and oxygen atoms in total. The number of carboxylic acids is 1. The fourth-order valence-electron chi connectivity index (χ4n) is 4.05. The van der Waals surface area contributed by atoms with E-state index in [4.69, 9.17) is 4.74 Å². The molecule has 2 N–H and O–H groups in total. The first-order valence-corrected chi connectivity index (χ1v) is 11.4. The molecule has 0 bridgehead atoms. The largest absolute Gasteiger partial charge is 0.508 e. The highest BCUT2D eigenvalue weighted by Gasteiger charge is 2.37. The Labute approximate surface area is 201 Å². The van der Waals surface area contributed by atoms with Crippen molar-refractivity contribution in [1.29, 1.82) is 0 Å². The van der Waals surface area contributed by atoms with Gasteiger partial charge >= 0.3 is 11.9 Å². The summed E-state index contributed by atoms with van der Waals surface area (Å²) in [6.07, 6.45) is 7.53. The molecule has 34 heavy (non-hydrogen) atoms. The minimum absolute atomic E-state index is 0.0494. The van der Waals surface area contributed by atoms with Crippen LogP contribution in [-0.2, 0) is 19.7 Å². The molecule has 0 aliphatic carbocycles. The summed E-state index contributed by atoms with van der Waals surface area (Å²) in [7, 11) is 0. The van der Waals surface area contributed by atoms with Gasteiger partial charge in [0.25, 0.3) is 0 Å². The molecule has 1 heterocycles. The third kappa shape index (κ3) is 6.47. The number of hydrogen-bond donors (Lipinski definition) is 2. The number of carbonyl (C=O) groups is 2. The van der Waals surface area contributed by atoms with Crippen LogP contribution in [0.2, 0.25) is 0 Å². The van der Waals surface area contributed by atoms with E-state index in [0.29, 0.717) is 17.6 Å². The molecule has 178 valence electrons. The van der Waals surface area contributed by atoms with Gasteiger partial charge in [-0.1, -0.05) is 76.2 Å². The average Bonchev–Trinajstić information content (AvgIpc) is 2.76. The first-order chi connectivity index (χ1) is 16.0. The molecule has 1 aliphatic heterocycles. The number of cyclic esters (lactones) is 1. The first-order valence-electron chi connectivity index (χ1n) is 11.4. The summed E-state index contributed by atoms with van der Waals surface area (Å²) in [6, 6.07) is 14.9. The topological polar surface area (TPSA) is 83.8 Å². The maximum Gasteiger partial charge on any atom is 0.328 e. The number of esters is 1. The number of carboxylic acid groups (broad SMARTS) is 1. The van der Waals surface area contributed by atoms with Gasteiger partial charge in [-0.05, 0) is 57.9 Å². The second-order valence-electron chi connectivity index (χ2n) is 10.0. The molecule has 2 aromatic carbocycles. The average molecular weight is 461 g/mol. The van der Waals surface area contributed by atoms with Gasteiger partial charge in [-0.25, -0.2) is 4.79 Å². The van der Waals surface area contributed by atoms with Gasteiger partial charge in [-0.15, -0.1) is 0 Å². The van der Waals surface area contributed by atoms with Crippen LogP contribution in [0.15, 0.2) is 71.8 Å². The number of aromatic hydroxyl groups is 1. The van der Waals surface area contributed by atoms with Gasteiger partial charge in [-0.2, -0.15) is 0 Å². The Balaban J connectivity index is 2.08. The van der Waals surface area contributed by atoms with Crippen molar-refractivity contribution in [2.75, 3.05) is 6.61 Å². The molecule has 0 amide bonds. The van der Waals surface area contributed by atoms with Crippen LogP contribution >= 0.6 is 0 Å². The van der Waals surface area contributed by atoms with Crippen LogP contribution in [0.1, 0.15) is 57.2 Å². The molecule has 1 fully saturated rings. The Bertz CT molecular complexity index is 1130. The Hall–Kier alpha value is -3.60. The Morgan fingerprint density at radius 1 is 1.03 bits per heavy atom. The Kier molecular flexibility index (Phi) is 7.45. The molecule has 2 aromatic rings.